The summed E-state index contributed by atoms with van der Waals surface area (Å²) in [5.74, 6) is -0.295. The molecule has 0 bridgehead atoms. The van der Waals surface area contributed by atoms with E-state index in [4.69, 9.17) is 4.74 Å². The number of carbonyl (C=O) groups is 2. The van der Waals surface area contributed by atoms with Gasteiger partial charge in [0.2, 0.25) is 5.91 Å². The second-order valence-electron chi connectivity index (χ2n) is 5.21. The number of amides is 2. The van der Waals surface area contributed by atoms with Crippen molar-refractivity contribution in [1.29, 1.82) is 0 Å². The minimum Gasteiger partial charge on any atom is -0.375 e. The molecule has 1 N–H and O–H groups in total. The Balaban J connectivity index is 1.68. The third-order valence-corrected chi connectivity index (χ3v) is 4.25. The maximum Gasteiger partial charge on any atom is 0.270 e. The summed E-state index contributed by atoms with van der Waals surface area (Å²) in [7, 11) is 1.50. The first-order valence-electron chi connectivity index (χ1n) is 7.14. The number of fused-ring (bicyclic) bond motifs is 1. The van der Waals surface area contributed by atoms with Crippen LogP contribution < -0.4 is 5.32 Å². The first-order valence-corrected chi connectivity index (χ1v) is 8.09. The van der Waals surface area contributed by atoms with Crippen molar-refractivity contribution in [3.63, 3.8) is 0 Å². The standard InChI is InChI=1S/C14H17N5O3S/c1-22-7-13(20)18-5-10-2-3-17-19(10)11(6-18)4-15-14(21)12-8-23-9-16-12/h2-3,8-9,11H,4-7H2,1H3,(H,15,21). The normalized spacial score (nSPS) is 16.9. The van der Waals surface area contributed by atoms with Crippen LogP contribution in [0.15, 0.2) is 23.2 Å². The topological polar surface area (TPSA) is 89.4 Å². The van der Waals surface area contributed by atoms with E-state index in [0.717, 1.165) is 5.69 Å². The van der Waals surface area contributed by atoms with Gasteiger partial charge in [-0.2, -0.15) is 5.10 Å². The monoisotopic (exact) mass is 335 g/mol. The van der Waals surface area contributed by atoms with Gasteiger partial charge in [-0.3, -0.25) is 14.3 Å². The zero-order valence-corrected chi connectivity index (χ0v) is 13.5. The minimum atomic E-state index is -0.222. The molecule has 0 aliphatic carbocycles. The quantitative estimate of drug-likeness (QED) is 0.849. The highest BCUT2D eigenvalue weighted by molar-refractivity contribution is 7.07. The van der Waals surface area contributed by atoms with Crippen LogP contribution >= 0.6 is 11.3 Å². The number of methoxy groups -OCH3 is 1. The molecule has 1 unspecified atom stereocenters. The van der Waals surface area contributed by atoms with Gasteiger partial charge in [-0.1, -0.05) is 0 Å². The van der Waals surface area contributed by atoms with Crippen LogP contribution in [0.4, 0.5) is 0 Å². The Bertz CT molecular complexity index is 684. The van der Waals surface area contributed by atoms with Gasteiger partial charge in [0, 0.05) is 31.8 Å². The third-order valence-electron chi connectivity index (χ3n) is 3.67. The highest BCUT2D eigenvalue weighted by atomic mass is 32.1. The summed E-state index contributed by atoms with van der Waals surface area (Å²) in [4.78, 5) is 29.8. The van der Waals surface area contributed by atoms with E-state index in [1.807, 2.05) is 10.7 Å². The van der Waals surface area contributed by atoms with E-state index in [-0.39, 0.29) is 24.5 Å². The molecule has 122 valence electrons. The summed E-state index contributed by atoms with van der Waals surface area (Å²) in [6, 6.07) is 1.76. The van der Waals surface area contributed by atoms with Gasteiger partial charge in [-0.05, 0) is 6.07 Å². The molecular formula is C14H17N5O3S. The Morgan fingerprint density at radius 3 is 3.13 bits per heavy atom. The van der Waals surface area contributed by atoms with E-state index < -0.39 is 0 Å². The van der Waals surface area contributed by atoms with Crippen molar-refractivity contribution in [2.75, 3.05) is 26.8 Å². The van der Waals surface area contributed by atoms with Crippen molar-refractivity contribution in [2.24, 2.45) is 0 Å². The number of aromatic nitrogens is 3. The fraction of sp³-hybridized carbons (Fsp3) is 0.429. The number of rotatable bonds is 5. The molecule has 0 saturated carbocycles. The SMILES string of the molecule is COCC(=O)N1Cc2ccnn2C(CNC(=O)c2cscn2)C1. The molecule has 3 heterocycles. The van der Waals surface area contributed by atoms with Crippen LogP contribution in [-0.2, 0) is 16.1 Å². The molecule has 8 nitrogen and oxygen atoms in total. The Morgan fingerprint density at radius 1 is 1.52 bits per heavy atom. The largest absolute Gasteiger partial charge is 0.375 e. The predicted octanol–water partition coefficient (Wildman–Crippen LogP) is 0.299. The van der Waals surface area contributed by atoms with Crippen LogP contribution in [0, 0.1) is 0 Å². The molecule has 1 aliphatic rings. The second kappa shape index (κ2) is 6.88. The van der Waals surface area contributed by atoms with E-state index >= 15 is 0 Å². The summed E-state index contributed by atoms with van der Waals surface area (Å²) in [6.45, 7) is 1.40. The predicted molar refractivity (Wildman–Crippen MR) is 83.0 cm³/mol. The summed E-state index contributed by atoms with van der Waals surface area (Å²) < 4.78 is 6.78. The van der Waals surface area contributed by atoms with Crippen LogP contribution in [0.1, 0.15) is 22.2 Å². The lowest BCUT2D eigenvalue weighted by atomic mass is 10.2. The van der Waals surface area contributed by atoms with Crippen LogP contribution in [0.5, 0.6) is 0 Å². The minimum absolute atomic E-state index is 0.0477. The molecule has 2 aromatic rings. The van der Waals surface area contributed by atoms with Gasteiger partial charge in [0.15, 0.2) is 0 Å². The lowest BCUT2D eigenvalue weighted by Crippen LogP contribution is -2.46. The van der Waals surface area contributed by atoms with E-state index in [0.29, 0.717) is 25.3 Å². The molecule has 3 rings (SSSR count). The van der Waals surface area contributed by atoms with E-state index in [9.17, 15) is 9.59 Å². The fourth-order valence-electron chi connectivity index (χ4n) is 2.57. The van der Waals surface area contributed by atoms with Gasteiger partial charge in [0.25, 0.3) is 5.91 Å². The lowest BCUT2D eigenvalue weighted by molar-refractivity contribution is -0.137. The smallest absolute Gasteiger partial charge is 0.270 e. The maximum absolute atomic E-state index is 12.1. The lowest BCUT2D eigenvalue weighted by Gasteiger charge is -2.33. The van der Waals surface area contributed by atoms with Gasteiger partial charge in [-0.15, -0.1) is 11.3 Å². The van der Waals surface area contributed by atoms with E-state index in [1.54, 1.807) is 22.0 Å². The fourth-order valence-corrected chi connectivity index (χ4v) is 3.10. The van der Waals surface area contributed by atoms with Gasteiger partial charge in [0.1, 0.15) is 12.3 Å². The first kappa shape index (κ1) is 15.6. The highest BCUT2D eigenvalue weighted by Crippen LogP contribution is 2.20. The molecule has 0 saturated heterocycles. The van der Waals surface area contributed by atoms with Crippen molar-refractivity contribution in [2.45, 2.75) is 12.6 Å². The number of hydrogen-bond acceptors (Lipinski definition) is 6. The summed E-state index contributed by atoms with van der Waals surface area (Å²) >= 11 is 1.37. The molecule has 1 atom stereocenters. The molecule has 23 heavy (non-hydrogen) atoms. The molecule has 0 aromatic carbocycles. The molecule has 0 spiro atoms. The van der Waals surface area contributed by atoms with Crippen molar-refractivity contribution >= 4 is 23.2 Å². The third kappa shape index (κ3) is 3.40. The average molecular weight is 335 g/mol. The van der Waals surface area contributed by atoms with Crippen molar-refractivity contribution in [3.8, 4) is 0 Å². The summed E-state index contributed by atoms with van der Waals surface area (Å²) in [5, 5.41) is 8.85. The average Bonchev–Trinajstić information content (AvgIpc) is 3.23. The van der Waals surface area contributed by atoms with Crippen molar-refractivity contribution in [1.82, 2.24) is 25.0 Å². The van der Waals surface area contributed by atoms with E-state index in [2.05, 4.69) is 15.4 Å². The number of thiazole rings is 1. The van der Waals surface area contributed by atoms with Crippen molar-refractivity contribution < 1.29 is 14.3 Å². The maximum atomic E-state index is 12.1. The van der Waals surface area contributed by atoms with Crippen LogP contribution in [0.3, 0.4) is 0 Å². The number of hydrogen-bond donors (Lipinski definition) is 1. The Labute approximate surface area is 137 Å². The zero-order valence-electron chi connectivity index (χ0n) is 12.6. The molecule has 0 fully saturated rings. The van der Waals surface area contributed by atoms with Gasteiger partial charge in [-0.25, -0.2) is 4.98 Å². The Hall–Kier alpha value is -2.26. The summed E-state index contributed by atoms with van der Waals surface area (Å²) in [6.07, 6.45) is 1.70. The molecule has 0 radical (unpaired) electrons. The first-order chi connectivity index (χ1) is 11.2. The van der Waals surface area contributed by atoms with E-state index in [1.165, 1.54) is 18.4 Å². The molecule has 1 aliphatic heterocycles. The van der Waals surface area contributed by atoms with Gasteiger partial charge < -0.3 is 15.0 Å². The van der Waals surface area contributed by atoms with Crippen molar-refractivity contribution in [3.05, 3.63) is 34.5 Å². The zero-order chi connectivity index (χ0) is 16.2. The van der Waals surface area contributed by atoms with Gasteiger partial charge in [0.05, 0.1) is 23.8 Å². The highest BCUT2D eigenvalue weighted by Gasteiger charge is 2.28. The number of carbonyl (C=O) groups excluding carboxylic acids is 2. The number of nitrogens with zero attached hydrogens (tertiary/aromatic N) is 4. The molecule has 2 amide bonds. The van der Waals surface area contributed by atoms with Crippen LogP contribution in [-0.4, -0.2) is 58.3 Å². The Kier molecular flexibility index (Phi) is 4.68. The second-order valence-corrected chi connectivity index (χ2v) is 5.93. The van der Waals surface area contributed by atoms with Crippen LogP contribution in [0.2, 0.25) is 0 Å². The van der Waals surface area contributed by atoms with Gasteiger partial charge >= 0.3 is 0 Å². The number of nitrogens with one attached hydrogen (secondary N) is 1. The summed E-state index contributed by atoms with van der Waals surface area (Å²) in [5.41, 5.74) is 2.96. The van der Waals surface area contributed by atoms with Crippen LogP contribution in [0.25, 0.3) is 0 Å². The number of ether oxygens (including phenoxy) is 1. The Morgan fingerprint density at radius 2 is 2.39 bits per heavy atom. The molecular weight excluding hydrogens is 318 g/mol. The molecule has 2 aromatic heterocycles. The molecule has 9 heteroatoms.